The van der Waals surface area contributed by atoms with Crippen molar-refractivity contribution < 1.29 is 19.1 Å². The third kappa shape index (κ3) is 2.07. The van der Waals surface area contributed by atoms with Gasteiger partial charge in [-0.2, -0.15) is 0 Å². The molecular weight excluding hydrogens is 294 g/mol. The van der Waals surface area contributed by atoms with Crippen LogP contribution in [0.4, 0.5) is 0 Å². The van der Waals surface area contributed by atoms with Crippen molar-refractivity contribution in [1.29, 1.82) is 0 Å². The summed E-state index contributed by atoms with van der Waals surface area (Å²) in [6.07, 6.45) is 1.55. The molecule has 0 saturated carbocycles. The molecule has 2 aliphatic heterocycles. The van der Waals surface area contributed by atoms with E-state index < -0.39 is 6.29 Å². The summed E-state index contributed by atoms with van der Waals surface area (Å²) in [6, 6.07) is 8.15. The fourth-order valence-corrected chi connectivity index (χ4v) is 3.47. The summed E-state index contributed by atoms with van der Waals surface area (Å²) >= 11 is 0. The summed E-state index contributed by atoms with van der Waals surface area (Å²) in [5.74, 6) is -0.410. The van der Waals surface area contributed by atoms with Crippen LogP contribution in [-0.4, -0.2) is 18.2 Å². The lowest BCUT2D eigenvalue weighted by atomic mass is 9.97. The zero-order valence-corrected chi connectivity index (χ0v) is 13.0. The molecule has 1 amide bonds. The molecule has 3 atom stereocenters. The van der Waals surface area contributed by atoms with Crippen molar-refractivity contribution in [3.63, 3.8) is 0 Å². The van der Waals surface area contributed by atoms with E-state index in [1.807, 2.05) is 12.1 Å². The highest BCUT2D eigenvalue weighted by molar-refractivity contribution is 5.97. The fourth-order valence-electron chi connectivity index (χ4n) is 3.47. The second-order valence-corrected chi connectivity index (χ2v) is 6.22. The topological polar surface area (TPSA) is 64.6 Å². The first-order valence-electron chi connectivity index (χ1n) is 7.69. The number of cyclic esters (lactones) is 1. The van der Waals surface area contributed by atoms with Crippen molar-refractivity contribution in [2.45, 2.75) is 32.6 Å². The predicted molar refractivity (Wildman–Crippen MR) is 81.9 cm³/mol. The van der Waals surface area contributed by atoms with E-state index in [4.69, 9.17) is 9.47 Å². The highest BCUT2D eigenvalue weighted by atomic mass is 16.7. The van der Waals surface area contributed by atoms with E-state index in [0.717, 1.165) is 12.0 Å². The van der Waals surface area contributed by atoms with Crippen molar-refractivity contribution in [2.75, 3.05) is 0 Å². The Kier molecular flexibility index (Phi) is 3.04. The van der Waals surface area contributed by atoms with Crippen LogP contribution in [0.25, 0.3) is 0 Å². The van der Waals surface area contributed by atoms with Crippen LogP contribution in [0.1, 0.15) is 31.0 Å². The van der Waals surface area contributed by atoms with Gasteiger partial charge < -0.3 is 14.8 Å². The van der Waals surface area contributed by atoms with Crippen LogP contribution in [0.5, 0.6) is 0 Å². The third-order valence-electron chi connectivity index (χ3n) is 4.96. The molecule has 1 N–H and O–H groups in total. The van der Waals surface area contributed by atoms with Crippen LogP contribution in [0.15, 0.2) is 47.2 Å². The number of amides is 1. The zero-order chi connectivity index (χ0) is 16.1. The summed E-state index contributed by atoms with van der Waals surface area (Å²) in [5, 5.41) is 3.02. The summed E-state index contributed by atoms with van der Waals surface area (Å²) in [7, 11) is 0. The number of hydrogen-bond donors (Lipinski definition) is 1. The lowest BCUT2D eigenvalue weighted by molar-refractivity contribution is -0.153. The van der Waals surface area contributed by atoms with Crippen molar-refractivity contribution >= 4 is 11.9 Å². The summed E-state index contributed by atoms with van der Waals surface area (Å²) in [5.41, 5.74) is 4.35. The van der Waals surface area contributed by atoms with Gasteiger partial charge in [0.2, 0.25) is 0 Å². The lowest BCUT2D eigenvalue weighted by Crippen LogP contribution is -2.19. The number of ether oxygens (including phenoxy) is 2. The van der Waals surface area contributed by atoms with Crippen LogP contribution < -0.4 is 5.32 Å². The van der Waals surface area contributed by atoms with Gasteiger partial charge in [-0.05, 0) is 31.4 Å². The van der Waals surface area contributed by atoms with E-state index in [0.29, 0.717) is 11.1 Å². The number of esters is 1. The zero-order valence-electron chi connectivity index (χ0n) is 13.0. The van der Waals surface area contributed by atoms with Gasteiger partial charge in [-0.25, -0.2) is 4.79 Å². The van der Waals surface area contributed by atoms with E-state index in [-0.39, 0.29) is 23.8 Å². The number of nitrogens with one attached hydrogen (secondary N) is 1. The molecule has 1 saturated heterocycles. The van der Waals surface area contributed by atoms with Crippen LogP contribution in [0.2, 0.25) is 0 Å². The molecule has 5 heteroatoms. The molecule has 1 fully saturated rings. The van der Waals surface area contributed by atoms with Gasteiger partial charge in [-0.15, -0.1) is 0 Å². The standard InChI is InChI=1S/C18H17NO4/c1-9-10(2)18(23-17(9)21)22-8-14-13-7-11-5-3-4-6-12(11)15(13)19-16(14)20/h3-6,8,13,15,18H,7H2,1-2H3,(H,19,20)/b14-8+/t13?,15-,18-/m1/s1. The number of rotatable bonds is 2. The minimum atomic E-state index is -0.731. The predicted octanol–water partition coefficient (Wildman–Crippen LogP) is 2.15. The van der Waals surface area contributed by atoms with Crippen LogP contribution in [0.3, 0.4) is 0 Å². The van der Waals surface area contributed by atoms with Crippen LogP contribution in [-0.2, 0) is 25.5 Å². The van der Waals surface area contributed by atoms with Gasteiger partial charge in [-0.1, -0.05) is 24.3 Å². The molecule has 3 aliphatic rings. The Bertz CT molecular complexity index is 777. The van der Waals surface area contributed by atoms with Gasteiger partial charge >= 0.3 is 5.97 Å². The Labute approximate surface area is 134 Å². The minimum absolute atomic E-state index is 0.0121. The summed E-state index contributed by atoms with van der Waals surface area (Å²) in [6.45, 7) is 3.51. The Hall–Kier alpha value is -2.56. The molecule has 0 bridgehead atoms. The van der Waals surface area contributed by atoms with Crippen molar-refractivity contribution in [3.05, 3.63) is 58.4 Å². The Morgan fingerprint density at radius 2 is 2.04 bits per heavy atom. The van der Waals surface area contributed by atoms with Crippen molar-refractivity contribution in [1.82, 2.24) is 5.32 Å². The average Bonchev–Trinajstić information content (AvgIpc) is 3.12. The highest BCUT2D eigenvalue weighted by Crippen LogP contribution is 2.44. The van der Waals surface area contributed by atoms with E-state index in [2.05, 4.69) is 17.4 Å². The molecule has 4 rings (SSSR count). The highest BCUT2D eigenvalue weighted by Gasteiger charge is 2.44. The molecular formula is C18H17NO4. The summed E-state index contributed by atoms with van der Waals surface area (Å²) < 4.78 is 10.7. The van der Waals surface area contributed by atoms with E-state index >= 15 is 0 Å². The number of fused-ring (bicyclic) bond motifs is 3. The minimum Gasteiger partial charge on any atom is -0.458 e. The molecule has 0 aromatic heterocycles. The van der Waals surface area contributed by atoms with Crippen LogP contribution in [0, 0.1) is 5.92 Å². The van der Waals surface area contributed by atoms with Gasteiger partial charge in [-0.3, -0.25) is 4.79 Å². The first-order valence-corrected chi connectivity index (χ1v) is 7.69. The molecule has 23 heavy (non-hydrogen) atoms. The number of benzene rings is 1. The normalized spacial score (nSPS) is 30.3. The fraction of sp³-hybridized carbons (Fsp3) is 0.333. The van der Waals surface area contributed by atoms with Gasteiger partial charge in [0.25, 0.3) is 12.2 Å². The molecule has 1 unspecified atom stereocenters. The van der Waals surface area contributed by atoms with E-state index in [9.17, 15) is 9.59 Å². The number of carbonyl (C=O) groups excluding carboxylic acids is 2. The van der Waals surface area contributed by atoms with Crippen molar-refractivity contribution in [2.24, 2.45) is 5.92 Å². The molecule has 2 heterocycles. The molecule has 0 spiro atoms. The molecule has 118 valence electrons. The maximum absolute atomic E-state index is 12.2. The molecule has 1 aromatic rings. The second kappa shape index (κ2) is 4.98. The van der Waals surface area contributed by atoms with Gasteiger partial charge in [0.05, 0.1) is 17.9 Å². The molecule has 1 aliphatic carbocycles. The van der Waals surface area contributed by atoms with Crippen LogP contribution >= 0.6 is 0 Å². The van der Waals surface area contributed by atoms with Gasteiger partial charge in [0, 0.05) is 17.1 Å². The largest absolute Gasteiger partial charge is 0.458 e. The smallest absolute Gasteiger partial charge is 0.337 e. The van der Waals surface area contributed by atoms with Crippen molar-refractivity contribution in [3.8, 4) is 0 Å². The number of hydrogen-bond acceptors (Lipinski definition) is 4. The molecule has 5 nitrogen and oxygen atoms in total. The monoisotopic (exact) mass is 311 g/mol. The van der Waals surface area contributed by atoms with E-state index in [1.165, 1.54) is 17.4 Å². The maximum atomic E-state index is 12.2. The Balaban J connectivity index is 1.57. The second-order valence-electron chi connectivity index (χ2n) is 6.22. The van der Waals surface area contributed by atoms with Gasteiger partial charge in [0.1, 0.15) is 0 Å². The SMILES string of the molecule is CC1=C(C)[C@H](O/C=C2/C(=O)N[C@@H]3c4ccccc4CC23)OC1=O. The quantitative estimate of drug-likeness (QED) is 0.516. The van der Waals surface area contributed by atoms with Gasteiger partial charge in [0.15, 0.2) is 0 Å². The lowest BCUT2D eigenvalue weighted by Gasteiger charge is -2.13. The van der Waals surface area contributed by atoms with E-state index in [1.54, 1.807) is 13.8 Å². The first kappa shape index (κ1) is 14.1. The average molecular weight is 311 g/mol. The Morgan fingerprint density at radius 1 is 1.26 bits per heavy atom. The third-order valence-corrected chi connectivity index (χ3v) is 4.96. The number of carbonyl (C=O) groups is 2. The summed E-state index contributed by atoms with van der Waals surface area (Å²) in [4.78, 5) is 23.8. The molecule has 1 aromatic carbocycles. The molecule has 0 radical (unpaired) electrons. The maximum Gasteiger partial charge on any atom is 0.337 e. The Morgan fingerprint density at radius 3 is 2.78 bits per heavy atom. The first-order chi connectivity index (χ1) is 11.1.